The third-order valence-electron chi connectivity index (χ3n) is 1.68. The minimum atomic E-state index is -4.51. The van der Waals surface area contributed by atoms with Gasteiger partial charge in [-0.05, 0) is 6.92 Å². The van der Waals surface area contributed by atoms with Crippen molar-refractivity contribution in [3.63, 3.8) is 0 Å². The van der Waals surface area contributed by atoms with Crippen LogP contribution in [0.25, 0.3) is 0 Å². The van der Waals surface area contributed by atoms with Crippen molar-refractivity contribution in [1.29, 1.82) is 0 Å². The van der Waals surface area contributed by atoms with Gasteiger partial charge in [0.15, 0.2) is 0 Å². The summed E-state index contributed by atoms with van der Waals surface area (Å²) < 4.78 is 37.4. The molecule has 0 atom stereocenters. The van der Waals surface area contributed by atoms with Crippen LogP contribution in [0.5, 0.6) is 0 Å². The Kier molecular flexibility index (Phi) is 4.51. The van der Waals surface area contributed by atoms with Gasteiger partial charge in [0, 0.05) is 12.6 Å². The topological polar surface area (TPSA) is 34.9 Å². The molecule has 0 saturated carbocycles. The smallest absolute Gasteiger partial charge is 0.268 e. The fraction of sp³-hybridized carbons (Fsp3) is 0.556. The van der Waals surface area contributed by atoms with Crippen LogP contribution in [0.3, 0.4) is 0 Å². The van der Waals surface area contributed by atoms with E-state index >= 15 is 0 Å². The lowest BCUT2D eigenvalue weighted by atomic mass is 10.2. The Labute approximate surface area is 85.5 Å². The maximum Gasteiger partial charge on any atom is 0.418 e. The second-order valence-corrected chi connectivity index (χ2v) is 2.61. The van der Waals surface area contributed by atoms with E-state index in [1.165, 1.54) is 7.05 Å². The average Bonchev–Trinajstić information content (AvgIpc) is 2.15. The number of halogens is 3. The fourth-order valence-corrected chi connectivity index (χ4v) is 0.937. The van der Waals surface area contributed by atoms with E-state index in [4.69, 9.17) is 0 Å². The van der Waals surface area contributed by atoms with E-state index in [1.807, 2.05) is 13.8 Å². The highest BCUT2D eigenvalue weighted by Crippen LogP contribution is 2.29. The summed E-state index contributed by atoms with van der Waals surface area (Å²) >= 11 is 0. The van der Waals surface area contributed by atoms with Crippen molar-refractivity contribution in [3.05, 3.63) is 27.7 Å². The molecule has 0 bridgehead atoms. The molecule has 0 saturated heterocycles. The van der Waals surface area contributed by atoms with Gasteiger partial charge in [0.1, 0.15) is 0 Å². The molecular formula is C9H13F3N2O. The van der Waals surface area contributed by atoms with Crippen LogP contribution in [0.2, 0.25) is 0 Å². The van der Waals surface area contributed by atoms with E-state index < -0.39 is 17.3 Å². The molecule has 86 valence electrons. The third-order valence-corrected chi connectivity index (χ3v) is 1.68. The molecule has 0 aliphatic heterocycles. The Morgan fingerprint density at radius 2 is 1.80 bits per heavy atom. The Morgan fingerprint density at radius 1 is 1.33 bits per heavy atom. The summed E-state index contributed by atoms with van der Waals surface area (Å²) in [5, 5.41) is 3.29. The molecule has 1 aromatic rings. The SMILES string of the molecule is CC.Cc1c(C(F)(F)F)cnn(C)c1=O. The maximum atomic E-state index is 12.2. The summed E-state index contributed by atoms with van der Waals surface area (Å²) in [6.07, 6.45) is -3.86. The molecule has 1 heterocycles. The lowest BCUT2D eigenvalue weighted by Crippen LogP contribution is -2.26. The Hall–Kier alpha value is -1.33. The lowest BCUT2D eigenvalue weighted by molar-refractivity contribution is -0.138. The van der Waals surface area contributed by atoms with E-state index in [0.717, 1.165) is 11.6 Å². The molecule has 3 nitrogen and oxygen atoms in total. The van der Waals surface area contributed by atoms with Gasteiger partial charge in [-0.2, -0.15) is 18.3 Å². The molecule has 1 rings (SSSR count). The first-order chi connectivity index (χ1) is 6.84. The van der Waals surface area contributed by atoms with Gasteiger partial charge in [-0.15, -0.1) is 0 Å². The summed E-state index contributed by atoms with van der Waals surface area (Å²) in [6.45, 7) is 5.13. The average molecular weight is 222 g/mol. The summed E-state index contributed by atoms with van der Waals surface area (Å²) in [5.41, 5.74) is -2.03. The number of rotatable bonds is 0. The van der Waals surface area contributed by atoms with Gasteiger partial charge in [-0.3, -0.25) is 4.79 Å². The predicted octanol–water partition coefficient (Wildman–Crippen LogP) is 2.13. The molecule has 1 aromatic heterocycles. The van der Waals surface area contributed by atoms with Crippen molar-refractivity contribution in [1.82, 2.24) is 9.78 Å². The predicted molar refractivity (Wildman–Crippen MR) is 50.6 cm³/mol. The summed E-state index contributed by atoms with van der Waals surface area (Å²) in [6, 6.07) is 0. The van der Waals surface area contributed by atoms with Crippen LogP contribution in [-0.2, 0) is 13.2 Å². The van der Waals surface area contributed by atoms with Gasteiger partial charge in [-0.25, -0.2) is 4.68 Å². The van der Waals surface area contributed by atoms with Crippen LogP contribution in [0.4, 0.5) is 13.2 Å². The number of aromatic nitrogens is 2. The molecule has 0 N–H and O–H groups in total. The van der Waals surface area contributed by atoms with Crippen molar-refractivity contribution in [3.8, 4) is 0 Å². The minimum Gasteiger partial charge on any atom is -0.268 e. The van der Waals surface area contributed by atoms with Gasteiger partial charge < -0.3 is 0 Å². The minimum absolute atomic E-state index is 0.329. The van der Waals surface area contributed by atoms with Crippen LogP contribution in [-0.4, -0.2) is 9.78 Å². The first-order valence-corrected chi connectivity index (χ1v) is 4.44. The maximum absolute atomic E-state index is 12.2. The molecule has 0 amide bonds. The lowest BCUT2D eigenvalue weighted by Gasteiger charge is -2.08. The van der Waals surface area contributed by atoms with Crippen LogP contribution in [0.1, 0.15) is 25.0 Å². The second-order valence-electron chi connectivity index (χ2n) is 2.61. The first-order valence-electron chi connectivity index (χ1n) is 4.44. The van der Waals surface area contributed by atoms with E-state index in [2.05, 4.69) is 5.10 Å². The number of aryl methyl sites for hydroxylation is 1. The van der Waals surface area contributed by atoms with Crippen molar-refractivity contribution < 1.29 is 13.2 Å². The van der Waals surface area contributed by atoms with Crippen LogP contribution in [0, 0.1) is 6.92 Å². The molecule has 0 aliphatic rings. The highest BCUT2D eigenvalue weighted by Gasteiger charge is 2.33. The monoisotopic (exact) mass is 222 g/mol. The summed E-state index contributed by atoms with van der Waals surface area (Å²) in [4.78, 5) is 11.0. The fourth-order valence-electron chi connectivity index (χ4n) is 0.937. The van der Waals surface area contributed by atoms with E-state index in [9.17, 15) is 18.0 Å². The molecule has 6 heteroatoms. The standard InChI is InChI=1S/C7H7F3N2O.C2H6/c1-4-5(7(8,9)10)3-11-12(2)6(4)13;1-2/h3H,1-2H3;1-2H3. The second kappa shape index (κ2) is 4.95. The molecule has 15 heavy (non-hydrogen) atoms. The van der Waals surface area contributed by atoms with Gasteiger partial charge >= 0.3 is 6.18 Å². The van der Waals surface area contributed by atoms with Crippen molar-refractivity contribution in [2.24, 2.45) is 7.05 Å². The number of alkyl halides is 3. The Balaban J connectivity index is 0.000000921. The molecule has 0 unspecified atom stereocenters. The van der Waals surface area contributed by atoms with Gasteiger partial charge in [0.05, 0.1) is 11.8 Å². The molecule has 0 spiro atoms. The van der Waals surface area contributed by atoms with Gasteiger partial charge in [-0.1, -0.05) is 13.8 Å². The highest BCUT2D eigenvalue weighted by atomic mass is 19.4. The number of hydrogen-bond donors (Lipinski definition) is 0. The van der Waals surface area contributed by atoms with Crippen LogP contribution >= 0.6 is 0 Å². The van der Waals surface area contributed by atoms with E-state index in [1.54, 1.807) is 0 Å². The molecule has 0 aromatic carbocycles. The zero-order valence-electron chi connectivity index (χ0n) is 9.01. The Bertz CT molecular complexity index is 382. The van der Waals surface area contributed by atoms with E-state index in [0.29, 0.717) is 6.20 Å². The van der Waals surface area contributed by atoms with Gasteiger partial charge in [0.25, 0.3) is 5.56 Å². The largest absolute Gasteiger partial charge is 0.418 e. The normalized spacial score (nSPS) is 10.6. The van der Waals surface area contributed by atoms with Crippen molar-refractivity contribution in [2.45, 2.75) is 26.9 Å². The highest BCUT2D eigenvalue weighted by molar-refractivity contribution is 5.22. The zero-order chi connectivity index (χ0) is 12.2. The van der Waals surface area contributed by atoms with Crippen molar-refractivity contribution in [2.75, 3.05) is 0 Å². The Morgan fingerprint density at radius 3 is 2.20 bits per heavy atom. The third kappa shape index (κ3) is 3.07. The molecule has 0 aliphatic carbocycles. The van der Waals surface area contributed by atoms with Crippen molar-refractivity contribution >= 4 is 0 Å². The number of hydrogen-bond acceptors (Lipinski definition) is 2. The quantitative estimate of drug-likeness (QED) is 0.674. The van der Waals surface area contributed by atoms with Gasteiger partial charge in [0.2, 0.25) is 0 Å². The first kappa shape index (κ1) is 13.7. The number of nitrogens with zero attached hydrogens (tertiary/aromatic N) is 2. The summed E-state index contributed by atoms with van der Waals surface area (Å²) in [5.74, 6) is 0. The molecule has 0 radical (unpaired) electrons. The molecular weight excluding hydrogens is 209 g/mol. The van der Waals surface area contributed by atoms with Crippen LogP contribution < -0.4 is 5.56 Å². The van der Waals surface area contributed by atoms with Crippen LogP contribution in [0.15, 0.2) is 11.0 Å². The van der Waals surface area contributed by atoms with E-state index in [-0.39, 0.29) is 5.56 Å². The summed E-state index contributed by atoms with van der Waals surface area (Å²) in [7, 11) is 1.30. The molecule has 0 fully saturated rings. The zero-order valence-corrected chi connectivity index (χ0v) is 9.01.